The molecule has 1 spiro atoms. The SMILES string of the molecule is CN(C)C(=O)CN1CN(c2ccccc2)C2(CCN(C(=O)c3ccco3)CC2)C1=O. The van der Waals surface area contributed by atoms with E-state index >= 15 is 0 Å². The van der Waals surface area contributed by atoms with Gasteiger partial charge in [0, 0.05) is 32.9 Å². The van der Waals surface area contributed by atoms with Crippen LogP contribution < -0.4 is 4.90 Å². The van der Waals surface area contributed by atoms with Gasteiger partial charge < -0.3 is 24.0 Å². The predicted octanol–water partition coefficient (Wildman–Crippen LogP) is 1.65. The molecule has 1 aromatic heterocycles. The monoisotopic (exact) mass is 410 g/mol. The molecule has 2 aliphatic rings. The minimum absolute atomic E-state index is 0.0476. The molecule has 2 fully saturated rings. The van der Waals surface area contributed by atoms with E-state index in [-0.39, 0.29) is 24.3 Å². The lowest BCUT2D eigenvalue weighted by atomic mass is 9.85. The molecule has 8 nitrogen and oxygen atoms in total. The Labute approximate surface area is 175 Å². The average molecular weight is 410 g/mol. The van der Waals surface area contributed by atoms with E-state index in [0.29, 0.717) is 38.4 Å². The van der Waals surface area contributed by atoms with Crippen LogP contribution in [0.5, 0.6) is 0 Å². The normalized spacial score (nSPS) is 18.2. The summed E-state index contributed by atoms with van der Waals surface area (Å²) in [5.74, 6) is -0.0153. The van der Waals surface area contributed by atoms with Crippen LogP contribution in [-0.2, 0) is 9.59 Å². The van der Waals surface area contributed by atoms with Crippen LogP contribution in [0.1, 0.15) is 23.4 Å². The van der Waals surface area contributed by atoms with Gasteiger partial charge in [-0.2, -0.15) is 0 Å². The van der Waals surface area contributed by atoms with Crippen LogP contribution in [0.25, 0.3) is 0 Å². The van der Waals surface area contributed by atoms with Crippen molar-refractivity contribution >= 4 is 23.4 Å². The minimum Gasteiger partial charge on any atom is -0.459 e. The van der Waals surface area contributed by atoms with E-state index in [9.17, 15) is 14.4 Å². The number of carbonyl (C=O) groups is 3. The van der Waals surface area contributed by atoms with Gasteiger partial charge >= 0.3 is 0 Å². The van der Waals surface area contributed by atoms with Gasteiger partial charge in [0.2, 0.25) is 5.91 Å². The van der Waals surface area contributed by atoms with Crippen LogP contribution in [0.4, 0.5) is 5.69 Å². The molecule has 30 heavy (non-hydrogen) atoms. The molecule has 0 radical (unpaired) electrons. The van der Waals surface area contributed by atoms with Gasteiger partial charge in [-0.15, -0.1) is 0 Å². The van der Waals surface area contributed by atoms with Crippen molar-refractivity contribution in [3.8, 4) is 0 Å². The highest BCUT2D eigenvalue weighted by atomic mass is 16.3. The first-order valence-corrected chi connectivity index (χ1v) is 10.1. The third kappa shape index (κ3) is 3.42. The average Bonchev–Trinajstić information content (AvgIpc) is 3.38. The van der Waals surface area contributed by atoms with Gasteiger partial charge in [-0.05, 0) is 37.1 Å². The van der Waals surface area contributed by atoms with Crippen LogP contribution >= 0.6 is 0 Å². The highest BCUT2D eigenvalue weighted by molar-refractivity contribution is 5.97. The highest BCUT2D eigenvalue weighted by Crippen LogP contribution is 2.39. The Morgan fingerprint density at radius 1 is 1.07 bits per heavy atom. The molecule has 2 aromatic rings. The maximum Gasteiger partial charge on any atom is 0.289 e. The number of piperidine rings is 1. The number of amides is 3. The molecule has 2 aliphatic heterocycles. The van der Waals surface area contributed by atoms with Crippen molar-refractivity contribution < 1.29 is 18.8 Å². The molecule has 4 rings (SSSR count). The summed E-state index contributed by atoms with van der Waals surface area (Å²) in [6, 6.07) is 13.1. The fraction of sp³-hybridized carbons (Fsp3) is 0.409. The lowest BCUT2D eigenvalue weighted by Crippen LogP contribution is -2.57. The van der Waals surface area contributed by atoms with Crippen molar-refractivity contribution in [2.75, 3.05) is 45.3 Å². The summed E-state index contributed by atoms with van der Waals surface area (Å²) >= 11 is 0. The van der Waals surface area contributed by atoms with E-state index in [1.165, 1.54) is 11.2 Å². The zero-order chi connectivity index (χ0) is 21.3. The first-order valence-electron chi connectivity index (χ1n) is 10.1. The standard InChI is InChI=1S/C22H26N4O4/c1-23(2)19(27)15-25-16-26(17-7-4-3-5-8-17)22(21(25)29)10-12-24(13-11-22)20(28)18-9-6-14-30-18/h3-9,14H,10-13,15-16H2,1-2H3. The molecule has 3 amide bonds. The number of hydrogen-bond donors (Lipinski definition) is 0. The maximum absolute atomic E-state index is 13.5. The molecule has 0 bridgehead atoms. The Kier molecular flexibility index (Phi) is 5.24. The molecule has 0 saturated carbocycles. The number of furan rings is 1. The number of rotatable bonds is 4. The van der Waals surface area contributed by atoms with Crippen molar-refractivity contribution in [2.45, 2.75) is 18.4 Å². The van der Waals surface area contributed by atoms with Gasteiger partial charge in [-0.3, -0.25) is 14.4 Å². The first-order chi connectivity index (χ1) is 14.4. The van der Waals surface area contributed by atoms with E-state index < -0.39 is 5.54 Å². The minimum atomic E-state index is -0.756. The number of carbonyl (C=O) groups excluding carboxylic acids is 3. The third-order valence-electron chi connectivity index (χ3n) is 6.02. The number of hydrogen-bond acceptors (Lipinski definition) is 5. The van der Waals surface area contributed by atoms with Gasteiger partial charge in [0.25, 0.3) is 11.8 Å². The molecule has 8 heteroatoms. The summed E-state index contributed by atoms with van der Waals surface area (Å²) in [4.78, 5) is 45.4. The van der Waals surface area contributed by atoms with E-state index in [2.05, 4.69) is 4.90 Å². The second-order valence-electron chi connectivity index (χ2n) is 8.00. The van der Waals surface area contributed by atoms with Crippen molar-refractivity contribution in [1.82, 2.24) is 14.7 Å². The number of para-hydroxylation sites is 1. The zero-order valence-electron chi connectivity index (χ0n) is 17.3. The van der Waals surface area contributed by atoms with Gasteiger partial charge in [-0.1, -0.05) is 18.2 Å². The molecule has 1 aromatic carbocycles. The van der Waals surface area contributed by atoms with E-state index in [1.54, 1.807) is 36.0 Å². The molecule has 0 atom stereocenters. The van der Waals surface area contributed by atoms with Gasteiger partial charge in [0.15, 0.2) is 5.76 Å². The molecular weight excluding hydrogens is 384 g/mol. The summed E-state index contributed by atoms with van der Waals surface area (Å²) in [5.41, 5.74) is 0.185. The molecular formula is C22H26N4O4. The van der Waals surface area contributed by atoms with E-state index in [0.717, 1.165) is 5.69 Å². The maximum atomic E-state index is 13.5. The zero-order valence-corrected chi connectivity index (χ0v) is 17.3. The Morgan fingerprint density at radius 2 is 1.77 bits per heavy atom. The van der Waals surface area contributed by atoms with Crippen molar-refractivity contribution in [3.63, 3.8) is 0 Å². The van der Waals surface area contributed by atoms with Crippen LogP contribution in [0.2, 0.25) is 0 Å². The predicted molar refractivity (Wildman–Crippen MR) is 111 cm³/mol. The van der Waals surface area contributed by atoms with Crippen LogP contribution in [0.15, 0.2) is 53.1 Å². The van der Waals surface area contributed by atoms with Gasteiger partial charge in [-0.25, -0.2) is 0 Å². The Balaban J connectivity index is 1.58. The molecule has 3 heterocycles. The fourth-order valence-corrected chi connectivity index (χ4v) is 4.26. The number of benzene rings is 1. The number of likely N-dealkylation sites (N-methyl/N-ethyl adjacent to an activating group) is 1. The quantitative estimate of drug-likeness (QED) is 0.766. The third-order valence-corrected chi connectivity index (χ3v) is 6.02. The topological polar surface area (TPSA) is 77.3 Å². The van der Waals surface area contributed by atoms with Gasteiger partial charge in [0.05, 0.1) is 12.9 Å². The smallest absolute Gasteiger partial charge is 0.289 e. The summed E-state index contributed by atoms with van der Waals surface area (Å²) in [6.07, 6.45) is 2.48. The summed E-state index contributed by atoms with van der Waals surface area (Å²) < 4.78 is 5.24. The highest BCUT2D eigenvalue weighted by Gasteiger charge is 2.54. The second-order valence-corrected chi connectivity index (χ2v) is 8.00. The lowest BCUT2D eigenvalue weighted by molar-refractivity contribution is -0.139. The van der Waals surface area contributed by atoms with Crippen molar-refractivity contribution in [3.05, 3.63) is 54.5 Å². The summed E-state index contributed by atoms with van der Waals surface area (Å²) in [5, 5.41) is 0. The van der Waals surface area contributed by atoms with Crippen LogP contribution in [0.3, 0.4) is 0 Å². The van der Waals surface area contributed by atoms with Gasteiger partial charge in [0.1, 0.15) is 12.1 Å². The Bertz CT molecular complexity index is 918. The molecule has 0 N–H and O–H groups in total. The van der Waals surface area contributed by atoms with E-state index in [4.69, 9.17) is 4.42 Å². The lowest BCUT2D eigenvalue weighted by Gasteiger charge is -2.43. The Hall–Kier alpha value is -3.29. The Morgan fingerprint density at radius 3 is 2.37 bits per heavy atom. The van der Waals surface area contributed by atoms with E-state index in [1.807, 2.05) is 30.3 Å². The van der Waals surface area contributed by atoms with Crippen molar-refractivity contribution in [2.24, 2.45) is 0 Å². The number of nitrogens with zero attached hydrogens (tertiary/aromatic N) is 4. The molecule has 0 aliphatic carbocycles. The number of likely N-dealkylation sites (tertiary alicyclic amines) is 1. The molecule has 2 saturated heterocycles. The summed E-state index contributed by atoms with van der Waals surface area (Å²) in [7, 11) is 3.37. The summed E-state index contributed by atoms with van der Waals surface area (Å²) in [6.45, 7) is 1.30. The molecule has 158 valence electrons. The molecule has 0 unspecified atom stereocenters. The fourth-order valence-electron chi connectivity index (χ4n) is 4.26. The number of anilines is 1. The second kappa shape index (κ2) is 7.85. The largest absolute Gasteiger partial charge is 0.459 e. The van der Waals surface area contributed by atoms with Crippen LogP contribution in [-0.4, -0.2) is 78.4 Å². The first kappa shape index (κ1) is 20.0. The van der Waals surface area contributed by atoms with Crippen molar-refractivity contribution in [1.29, 1.82) is 0 Å². The van der Waals surface area contributed by atoms with Crippen LogP contribution in [0, 0.1) is 0 Å².